The SMILES string of the molecule is COCCN(C=O)c1ccc(C(C)(C)C)cc1. The molecule has 1 aromatic carbocycles. The Hall–Kier alpha value is -1.35. The second-order valence-electron chi connectivity index (χ2n) is 5.09. The molecule has 0 bridgehead atoms. The van der Waals surface area contributed by atoms with E-state index >= 15 is 0 Å². The molecule has 0 aliphatic carbocycles. The molecular formula is C14H21NO2. The number of hydrogen-bond acceptors (Lipinski definition) is 2. The summed E-state index contributed by atoms with van der Waals surface area (Å²) in [6.07, 6.45) is 0.838. The van der Waals surface area contributed by atoms with E-state index in [-0.39, 0.29) is 5.41 Å². The van der Waals surface area contributed by atoms with Gasteiger partial charge in [0.15, 0.2) is 0 Å². The summed E-state index contributed by atoms with van der Waals surface area (Å²) >= 11 is 0. The van der Waals surface area contributed by atoms with Crippen LogP contribution < -0.4 is 4.90 Å². The first kappa shape index (κ1) is 13.7. The second kappa shape index (κ2) is 5.82. The summed E-state index contributed by atoms with van der Waals surface area (Å²) in [5, 5.41) is 0. The number of carbonyl (C=O) groups is 1. The molecule has 94 valence electrons. The summed E-state index contributed by atoms with van der Waals surface area (Å²) in [6, 6.07) is 8.09. The average Bonchev–Trinajstić information content (AvgIpc) is 2.29. The lowest BCUT2D eigenvalue weighted by atomic mass is 9.87. The minimum atomic E-state index is 0.136. The van der Waals surface area contributed by atoms with E-state index in [0.29, 0.717) is 13.2 Å². The lowest BCUT2D eigenvalue weighted by Gasteiger charge is -2.21. The van der Waals surface area contributed by atoms with Crippen molar-refractivity contribution in [3.63, 3.8) is 0 Å². The molecule has 0 spiro atoms. The molecule has 17 heavy (non-hydrogen) atoms. The molecule has 1 rings (SSSR count). The number of benzene rings is 1. The van der Waals surface area contributed by atoms with Crippen LogP contribution in [0.3, 0.4) is 0 Å². The maximum absolute atomic E-state index is 11.0. The molecule has 0 N–H and O–H groups in total. The highest BCUT2D eigenvalue weighted by Gasteiger charge is 2.13. The van der Waals surface area contributed by atoms with Crippen molar-refractivity contribution in [2.75, 3.05) is 25.2 Å². The second-order valence-corrected chi connectivity index (χ2v) is 5.09. The fraction of sp³-hybridized carbons (Fsp3) is 0.500. The Labute approximate surface area is 103 Å². The number of carbonyl (C=O) groups excluding carboxylic acids is 1. The number of anilines is 1. The standard InChI is InChI=1S/C14H21NO2/c1-14(2,3)12-5-7-13(8-6-12)15(11-16)9-10-17-4/h5-8,11H,9-10H2,1-4H3. The van der Waals surface area contributed by atoms with Gasteiger partial charge in [0.25, 0.3) is 0 Å². The molecule has 3 nitrogen and oxygen atoms in total. The Balaban J connectivity index is 2.81. The Kier molecular flexibility index (Phi) is 4.70. The summed E-state index contributed by atoms with van der Waals surface area (Å²) in [5.41, 5.74) is 2.31. The van der Waals surface area contributed by atoms with Crippen LogP contribution in [0.5, 0.6) is 0 Å². The molecule has 0 fully saturated rings. The van der Waals surface area contributed by atoms with Crippen molar-refractivity contribution < 1.29 is 9.53 Å². The van der Waals surface area contributed by atoms with Crippen molar-refractivity contribution in [2.45, 2.75) is 26.2 Å². The van der Waals surface area contributed by atoms with Gasteiger partial charge < -0.3 is 9.64 Å². The third-order valence-electron chi connectivity index (χ3n) is 2.73. The number of ether oxygens (including phenoxy) is 1. The van der Waals surface area contributed by atoms with Crippen molar-refractivity contribution in [3.05, 3.63) is 29.8 Å². The lowest BCUT2D eigenvalue weighted by molar-refractivity contribution is -0.107. The van der Waals surface area contributed by atoms with Gasteiger partial charge in [0.1, 0.15) is 0 Å². The maximum Gasteiger partial charge on any atom is 0.214 e. The van der Waals surface area contributed by atoms with Crippen LogP contribution >= 0.6 is 0 Å². The lowest BCUT2D eigenvalue weighted by Crippen LogP contribution is -2.25. The van der Waals surface area contributed by atoms with Crippen LogP contribution in [0.1, 0.15) is 26.3 Å². The first-order valence-electron chi connectivity index (χ1n) is 5.80. The fourth-order valence-electron chi connectivity index (χ4n) is 1.59. The van der Waals surface area contributed by atoms with Crippen molar-refractivity contribution in [3.8, 4) is 0 Å². The van der Waals surface area contributed by atoms with E-state index in [1.165, 1.54) is 5.56 Å². The summed E-state index contributed by atoms with van der Waals surface area (Å²) < 4.78 is 4.97. The van der Waals surface area contributed by atoms with Gasteiger partial charge >= 0.3 is 0 Å². The average molecular weight is 235 g/mol. The van der Waals surface area contributed by atoms with Crippen molar-refractivity contribution in [1.29, 1.82) is 0 Å². The van der Waals surface area contributed by atoms with Crippen molar-refractivity contribution >= 4 is 12.1 Å². The summed E-state index contributed by atoms with van der Waals surface area (Å²) in [5.74, 6) is 0. The molecular weight excluding hydrogens is 214 g/mol. The van der Waals surface area contributed by atoms with E-state index in [2.05, 4.69) is 32.9 Å². The fourth-order valence-corrected chi connectivity index (χ4v) is 1.59. The van der Waals surface area contributed by atoms with E-state index in [1.807, 2.05) is 12.1 Å². The maximum atomic E-state index is 11.0. The zero-order chi connectivity index (χ0) is 12.9. The highest BCUT2D eigenvalue weighted by atomic mass is 16.5. The van der Waals surface area contributed by atoms with E-state index < -0.39 is 0 Å². The summed E-state index contributed by atoms with van der Waals surface area (Å²) in [7, 11) is 1.63. The Morgan fingerprint density at radius 1 is 1.24 bits per heavy atom. The molecule has 0 unspecified atom stereocenters. The van der Waals surface area contributed by atoms with E-state index in [1.54, 1.807) is 12.0 Å². The van der Waals surface area contributed by atoms with Crippen LogP contribution in [-0.2, 0) is 14.9 Å². The van der Waals surface area contributed by atoms with E-state index in [9.17, 15) is 4.79 Å². The molecule has 3 heteroatoms. The molecule has 0 atom stereocenters. The van der Waals surface area contributed by atoms with Gasteiger partial charge in [-0.05, 0) is 23.1 Å². The summed E-state index contributed by atoms with van der Waals surface area (Å²) in [4.78, 5) is 12.6. The van der Waals surface area contributed by atoms with Crippen molar-refractivity contribution in [1.82, 2.24) is 0 Å². The molecule has 0 saturated carbocycles. The van der Waals surface area contributed by atoms with Gasteiger partial charge in [-0.2, -0.15) is 0 Å². The zero-order valence-electron chi connectivity index (χ0n) is 11.1. The van der Waals surface area contributed by atoms with Crippen LogP contribution in [0, 0.1) is 0 Å². The quantitative estimate of drug-likeness (QED) is 0.734. The topological polar surface area (TPSA) is 29.5 Å². The molecule has 0 radical (unpaired) electrons. The number of rotatable bonds is 5. The van der Waals surface area contributed by atoms with Crippen LogP contribution in [-0.4, -0.2) is 26.7 Å². The smallest absolute Gasteiger partial charge is 0.214 e. The van der Waals surface area contributed by atoms with Crippen LogP contribution in [0.4, 0.5) is 5.69 Å². The van der Waals surface area contributed by atoms with E-state index in [4.69, 9.17) is 4.74 Å². The molecule has 0 saturated heterocycles. The molecule has 0 aliphatic rings. The number of hydrogen-bond donors (Lipinski definition) is 0. The molecule has 1 amide bonds. The van der Waals surface area contributed by atoms with Crippen LogP contribution in [0.25, 0.3) is 0 Å². The predicted octanol–water partition coefficient (Wildman–Crippen LogP) is 2.59. The largest absolute Gasteiger partial charge is 0.383 e. The van der Waals surface area contributed by atoms with Crippen molar-refractivity contribution in [2.24, 2.45) is 0 Å². The number of methoxy groups -OCH3 is 1. The molecule has 1 aromatic rings. The number of nitrogens with zero attached hydrogens (tertiary/aromatic N) is 1. The normalized spacial score (nSPS) is 11.3. The Morgan fingerprint density at radius 3 is 2.24 bits per heavy atom. The minimum absolute atomic E-state index is 0.136. The van der Waals surface area contributed by atoms with Gasteiger partial charge in [-0.3, -0.25) is 4.79 Å². The van der Waals surface area contributed by atoms with Crippen LogP contribution in [0.2, 0.25) is 0 Å². The first-order chi connectivity index (χ1) is 7.99. The summed E-state index contributed by atoms with van der Waals surface area (Å²) in [6.45, 7) is 7.63. The van der Waals surface area contributed by atoms with Gasteiger partial charge in [0.2, 0.25) is 6.41 Å². The third-order valence-corrected chi connectivity index (χ3v) is 2.73. The van der Waals surface area contributed by atoms with Gasteiger partial charge in [-0.1, -0.05) is 32.9 Å². The van der Waals surface area contributed by atoms with E-state index in [0.717, 1.165) is 12.1 Å². The van der Waals surface area contributed by atoms with Gasteiger partial charge in [-0.15, -0.1) is 0 Å². The minimum Gasteiger partial charge on any atom is -0.383 e. The Bertz CT molecular complexity index is 351. The molecule has 0 aromatic heterocycles. The van der Waals surface area contributed by atoms with Gasteiger partial charge in [0, 0.05) is 19.3 Å². The van der Waals surface area contributed by atoms with Gasteiger partial charge in [0.05, 0.1) is 6.61 Å². The number of amides is 1. The van der Waals surface area contributed by atoms with Gasteiger partial charge in [-0.25, -0.2) is 0 Å². The Morgan fingerprint density at radius 2 is 1.82 bits per heavy atom. The third kappa shape index (κ3) is 3.86. The highest BCUT2D eigenvalue weighted by Crippen LogP contribution is 2.24. The molecule has 0 heterocycles. The zero-order valence-corrected chi connectivity index (χ0v) is 11.1. The van der Waals surface area contributed by atoms with Crippen LogP contribution in [0.15, 0.2) is 24.3 Å². The molecule has 0 aliphatic heterocycles. The first-order valence-corrected chi connectivity index (χ1v) is 5.80. The highest BCUT2D eigenvalue weighted by molar-refractivity contribution is 5.75. The monoisotopic (exact) mass is 235 g/mol. The predicted molar refractivity (Wildman–Crippen MR) is 70.4 cm³/mol.